The molecule has 0 unspecified atom stereocenters. The normalized spacial score (nSPS) is 13.1. The van der Waals surface area contributed by atoms with E-state index < -0.39 is 17.7 Å². The standard InChI is InChI=1S/C10H18FNO3/c1-7(5-8(11)13)6-12-9(14)15-10(2,3)4/h7H,5-6H2,1-4H3,(H,12,14)/t7-/m1/s1. The summed E-state index contributed by atoms with van der Waals surface area (Å²) in [6.07, 6.45) is -0.740. The van der Waals surface area contributed by atoms with Gasteiger partial charge in [-0.25, -0.2) is 4.79 Å². The molecular formula is C10H18FNO3. The highest BCUT2D eigenvalue weighted by atomic mass is 19.1. The zero-order valence-corrected chi connectivity index (χ0v) is 9.59. The van der Waals surface area contributed by atoms with E-state index >= 15 is 0 Å². The van der Waals surface area contributed by atoms with E-state index in [0.29, 0.717) is 0 Å². The van der Waals surface area contributed by atoms with Crippen LogP contribution in [0.15, 0.2) is 0 Å². The SMILES string of the molecule is C[C@@H](CNC(=O)OC(C)(C)C)CC(=O)F. The van der Waals surface area contributed by atoms with Gasteiger partial charge in [0.1, 0.15) is 5.60 Å². The number of carbonyl (C=O) groups is 2. The molecule has 1 N–H and O–H groups in total. The third kappa shape index (κ3) is 9.18. The van der Waals surface area contributed by atoms with Gasteiger partial charge in [-0.15, -0.1) is 0 Å². The molecule has 0 bridgehead atoms. The zero-order valence-electron chi connectivity index (χ0n) is 9.59. The molecule has 0 radical (unpaired) electrons. The fraction of sp³-hybridized carbons (Fsp3) is 0.800. The van der Waals surface area contributed by atoms with Crippen molar-refractivity contribution in [2.75, 3.05) is 6.54 Å². The van der Waals surface area contributed by atoms with Crippen molar-refractivity contribution in [1.82, 2.24) is 5.32 Å². The molecule has 5 heteroatoms. The number of rotatable bonds is 4. The lowest BCUT2D eigenvalue weighted by Crippen LogP contribution is -2.35. The molecule has 1 amide bonds. The number of alkyl carbamates (subject to hydrolysis) is 1. The third-order valence-electron chi connectivity index (χ3n) is 1.50. The first-order valence-corrected chi connectivity index (χ1v) is 4.86. The first kappa shape index (κ1) is 13.9. The third-order valence-corrected chi connectivity index (χ3v) is 1.50. The number of amides is 1. The lowest BCUT2D eigenvalue weighted by Gasteiger charge is -2.20. The van der Waals surface area contributed by atoms with Gasteiger partial charge in [0.2, 0.25) is 0 Å². The summed E-state index contributed by atoms with van der Waals surface area (Å²) in [7, 11) is 0. The minimum Gasteiger partial charge on any atom is -0.444 e. The van der Waals surface area contributed by atoms with Crippen LogP contribution in [0.2, 0.25) is 0 Å². The van der Waals surface area contributed by atoms with Crippen molar-refractivity contribution in [1.29, 1.82) is 0 Å². The highest BCUT2D eigenvalue weighted by molar-refractivity contribution is 5.69. The van der Waals surface area contributed by atoms with E-state index in [1.807, 2.05) is 0 Å². The van der Waals surface area contributed by atoms with Gasteiger partial charge in [-0.05, 0) is 26.7 Å². The molecule has 0 aromatic carbocycles. The Hall–Kier alpha value is -1.13. The molecule has 4 nitrogen and oxygen atoms in total. The van der Waals surface area contributed by atoms with Crippen molar-refractivity contribution in [3.8, 4) is 0 Å². The Balaban J connectivity index is 3.76. The zero-order chi connectivity index (χ0) is 12.1. The van der Waals surface area contributed by atoms with Gasteiger partial charge in [0.05, 0.1) is 0 Å². The van der Waals surface area contributed by atoms with Crippen LogP contribution in [0, 0.1) is 5.92 Å². The van der Waals surface area contributed by atoms with Gasteiger partial charge in [-0.3, -0.25) is 4.79 Å². The molecule has 0 aliphatic heterocycles. The Morgan fingerprint density at radius 1 is 1.40 bits per heavy atom. The molecule has 88 valence electrons. The van der Waals surface area contributed by atoms with Gasteiger partial charge in [-0.1, -0.05) is 6.92 Å². The minimum absolute atomic E-state index is 0.185. The Morgan fingerprint density at radius 3 is 2.33 bits per heavy atom. The summed E-state index contributed by atoms with van der Waals surface area (Å²) in [5.74, 6) is -0.227. The van der Waals surface area contributed by atoms with Crippen LogP contribution in [-0.2, 0) is 9.53 Å². The van der Waals surface area contributed by atoms with Crippen molar-refractivity contribution in [2.45, 2.75) is 39.7 Å². The van der Waals surface area contributed by atoms with E-state index in [9.17, 15) is 14.0 Å². The van der Waals surface area contributed by atoms with Gasteiger partial charge in [0, 0.05) is 13.0 Å². The molecule has 0 aromatic heterocycles. The van der Waals surface area contributed by atoms with Crippen LogP contribution < -0.4 is 5.32 Å². The maximum Gasteiger partial charge on any atom is 0.407 e. The lowest BCUT2D eigenvalue weighted by atomic mass is 10.1. The molecular weight excluding hydrogens is 201 g/mol. The van der Waals surface area contributed by atoms with Crippen LogP contribution in [0.25, 0.3) is 0 Å². The van der Waals surface area contributed by atoms with Gasteiger partial charge < -0.3 is 10.1 Å². The number of carbonyl (C=O) groups excluding carboxylic acids is 2. The van der Waals surface area contributed by atoms with Crippen LogP contribution in [0.4, 0.5) is 9.18 Å². The molecule has 0 rings (SSSR count). The van der Waals surface area contributed by atoms with Crippen LogP contribution in [0.3, 0.4) is 0 Å². The maximum atomic E-state index is 12.0. The second kappa shape index (κ2) is 5.68. The van der Waals surface area contributed by atoms with E-state index in [-0.39, 0.29) is 18.9 Å². The van der Waals surface area contributed by atoms with E-state index in [0.717, 1.165) is 0 Å². The molecule has 0 saturated carbocycles. The predicted molar refractivity (Wildman–Crippen MR) is 54.1 cm³/mol. The topological polar surface area (TPSA) is 55.4 Å². The van der Waals surface area contributed by atoms with Crippen molar-refractivity contribution < 1.29 is 18.7 Å². The summed E-state index contributed by atoms with van der Waals surface area (Å²) in [5.41, 5.74) is -0.552. The first-order chi connectivity index (χ1) is 6.70. The number of ether oxygens (including phenoxy) is 1. The van der Waals surface area contributed by atoms with Gasteiger partial charge in [-0.2, -0.15) is 4.39 Å². The van der Waals surface area contributed by atoms with Gasteiger partial charge in [0.25, 0.3) is 0 Å². The molecule has 0 spiro atoms. The molecule has 0 fully saturated rings. The quantitative estimate of drug-likeness (QED) is 0.736. The molecule has 0 saturated heterocycles. The Labute approximate surface area is 89.2 Å². The second-order valence-electron chi connectivity index (χ2n) is 4.55. The Kier molecular flexibility index (Phi) is 5.25. The average molecular weight is 219 g/mol. The van der Waals surface area contributed by atoms with Gasteiger partial charge >= 0.3 is 12.1 Å². The van der Waals surface area contributed by atoms with E-state index in [2.05, 4.69) is 5.32 Å². The average Bonchev–Trinajstić information content (AvgIpc) is 1.96. The lowest BCUT2D eigenvalue weighted by molar-refractivity contribution is -0.130. The number of nitrogens with one attached hydrogen (secondary N) is 1. The van der Waals surface area contributed by atoms with Crippen molar-refractivity contribution in [2.24, 2.45) is 5.92 Å². The largest absolute Gasteiger partial charge is 0.444 e. The highest BCUT2D eigenvalue weighted by Gasteiger charge is 2.16. The number of hydrogen-bond acceptors (Lipinski definition) is 3. The first-order valence-electron chi connectivity index (χ1n) is 4.86. The van der Waals surface area contributed by atoms with E-state index in [1.54, 1.807) is 27.7 Å². The fourth-order valence-corrected chi connectivity index (χ4v) is 0.918. The van der Waals surface area contributed by atoms with Crippen LogP contribution in [-0.4, -0.2) is 24.3 Å². The fourth-order valence-electron chi connectivity index (χ4n) is 0.918. The van der Waals surface area contributed by atoms with E-state index in [1.165, 1.54) is 0 Å². The Bertz CT molecular complexity index is 235. The number of hydrogen-bond donors (Lipinski definition) is 1. The molecule has 15 heavy (non-hydrogen) atoms. The van der Waals surface area contributed by atoms with E-state index in [4.69, 9.17) is 4.74 Å². The second-order valence-corrected chi connectivity index (χ2v) is 4.55. The summed E-state index contributed by atoms with van der Waals surface area (Å²) in [6, 6.07) is -1.37. The highest BCUT2D eigenvalue weighted by Crippen LogP contribution is 2.07. The van der Waals surface area contributed by atoms with Crippen LogP contribution >= 0.6 is 0 Å². The Morgan fingerprint density at radius 2 is 1.93 bits per heavy atom. The summed E-state index contributed by atoms with van der Waals surface area (Å²) in [4.78, 5) is 21.3. The molecule has 0 aromatic rings. The molecule has 0 aliphatic carbocycles. The van der Waals surface area contributed by atoms with Crippen LogP contribution in [0.5, 0.6) is 0 Å². The predicted octanol–water partition coefficient (Wildman–Crippen LogP) is 2.03. The van der Waals surface area contributed by atoms with Crippen LogP contribution in [0.1, 0.15) is 34.1 Å². The number of halogens is 1. The monoisotopic (exact) mass is 219 g/mol. The molecule has 1 atom stereocenters. The van der Waals surface area contributed by atoms with Gasteiger partial charge in [0.15, 0.2) is 0 Å². The summed E-state index contributed by atoms with van der Waals surface area (Å²) in [6.45, 7) is 7.16. The summed E-state index contributed by atoms with van der Waals surface area (Å²) in [5, 5.41) is 2.46. The summed E-state index contributed by atoms with van der Waals surface area (Å²) >= 11 is 0. The van der Waals surface area contributed by atoms with Crippen molar-refractivity contribution in [3.63, 3.8) is 0 Å². The molecule has 0 heterocycles. The smallest absolute Gasteiger partial charge is 0.407 e. The van der Waals surface area contributed by atoms with Crippen molar-refractivity contribution in [3.05, 3.63) is 0 Å². The summed E-state index contributed by atoms with van der Waals surface area (Å²) < 4.78 is 16.9. The molecule has 0 aliphatic rings. The minimum atomic E-state index is -1.37. The van der Waals surface area contributed by atoms with Crippen molar-refractivity contribution >= 4 is 12.1 Å². The maximum absolute atomic E-state index is 12.0.